The van der Waals surface area contributed by atoms with E-state index in [1.165, 1.54) is 4.31 Å². The monoisotopic (exact) mass is 393 g/mol. The highest BCUT2D eigenvalue weighted by Gasteiger charge is 2.42. The molecular formula is C19H27N3O4S. The summed E-state index contributed by atoms with van der Waals surface area (Å²) >= 11 is 0. The van der Waals surface area contributed by atoms with Crippen molar-refractivity contribution < 1.29 is 18.0 Å². The maximum Gasteiger partial charge on any atom is 0.245 e. The third kappa shape index (κ3) is 4.50. The Labute approximate surface area is 161 Å². The maximum atomic E-state index is 12.8. The normalized spacial score (nSPS) is 22.1. The van der Waals surface area contributed by atoms with Crippen molar-refractivity contribution in [3.63, 3.8) is 0 Å². The number of hydrogen-bond acceptors (Lipinski definition) is 4. The van der Waals surface area contributed by atoms with E-state index in [2.05, 4.69) is 0 Å². The summed E-state index contributed by atoms with van der Waals surface area (Å²) in [5.41, 5.74) is 0.731. The zero-order valence-electron chi connectivity index (χ0n) is 15.9. The van der Waals surface area contributed by atoms with Crippen LogP contribution in [0.1, 0.15) is 25.8 Å². The molecule has 1 unspecified atom stereocenters. The lowest BCUT2D eigenvalue weighted by Gasteiger charge is -2.39. The van der Waals surface area contributed by atoms with E-state index in [9.17, 15) is 18.0 Å². The Kier molecular flexibility index (Phi) is 5.86. The largest absolute Gasteiger partial charge is 0.331 e. The van der Waals surface area contributed by atoms with E-state index in [-0.39, 0.29) is 49.7 Å². The second-order valence-electron chi connectivity index (χ2n) is 7.65. The summed E-state index contributed by atoms with van der Waals surface area (Å²) in [5, 5.41) is 0. The van der Waals surface area contributed by atoms with Gasteiger partial charge in [-0.25, -0.2) is 8.42 Å². The molecule has 0 bridgehead atoms. The summed E-state index contributed by atoms with van der Waals surface area (Å²) in [7, 11) is -3.50. The van der Waals surface area contributed by atoms with Gasteiger partial charge in [0.1, 0.15) is 6.04 Å². The Morgan fingerprint density at radius 1 is 1.07 bits per heavy atom. The van der Waals surface area contributed by atoms with Crippen LogP contribution >= 0.6 is 0 Å². The molecule has 1 aromatic rings. The van der Waals surface area contributed by atoms with Crippen LogP contribution in [0.3, 0.4) is 0 Å². The molecule has 1 aromatic carbocycles. The van der Waals surface area contributed by atoms with Crippen LogP contribution in [0, 0.1) is 5.92 Å². The number of fused-ring (bicyclic) bond motifs is 1. The quantitative estimate of drug-likeness (QED) is 0.745. The third-order valence-corrected chi connectivity index (χ3v) is 6.88. The van der Waals surface area contributed by atoms with Gasteiger partial charge in [0, 0.05) is 26.2 Å². The number of carbonyl (C=O) groups excluding carboxylic acids is 2. The zero-order valence-corrected chi connectivity index (χ0v) is 16.7. The molecule has 0 aromatic heterocycles. The molecule has 2 fully saturated rings. The summed E-state index contributed by atoms with van der Waals surface area (Å²) < 4.78 is 27.0. The van der Waals surface area contributed by atoms with E-state index >= 15 is 0 Å². The molecule has 8 heteroatoms. The van der Waals surface area contributed by atoms with Crippen molar-refractivity contribution in [3.8, 4) is 0 Å². The molecule has 0 spiro atoms. The molecule has 0 N–H and O–H groups in total. The Hall–Kier alpha value is -1.93. The number of hydrogen-bond donors (Lipinski definition) is 0. The molecule has 3 rings (SSSR count). The molecule has 148 valence electrons. The van der Waals surface area contributed by atoms with Gasteiger partial charge in [0.05, 0.1) is 12.3 Å². The average Bonchev–Trinajstić information content (AvgIpc) is 2.83. The van der Waals surface area contributed by atoms with Gasteiger partial charge in [-0.15, -0.1) is 0 Å². The smallest absolute Gasteiger partial charge is 0.245 e. The molecular weight excluding hydrogens is 366 g/mol. The van der Waals surface area contributed by atoms with E-state index in [1.807, 2.05) is 32.0 Å². The van der Waals surface area contributed by atoms with Gasteiger partial charge in [-0.05, 0) is 17.9 Å². The highest BCUT2D eigenvalue weighted by Crippen LogP contribution is 2.22. The molecule has 2 heterocycles. The van der Waals surface area contributed by atoms with E-state index in [4.69, 9.17) is 0 Å². The van der Waals surface area contributed by atoms with Crippen LogP contribution in [-0.4, -0.2) is 73.1 Å². The highest BCUT2D eigenvalue weighted by atomic mass is 32.2. The van der Waals surface area contributed by atoms with Crippen LogP contribution in [0.2, 0.25) is 0 Å². The first-order valence-corrected chi connectivity index (χ1v) is 11.0. The fourth-order valence-corrected chi connectivity index (χ4v) is 5.30. The van der Waals surface area contributed by atoms with Crippen LogP contribution in [0.25, 0.3) is 0 Å². The van der Waals surface area contributed by atoms with Crippen LogP contribution < -0.4 is 0 Å². The minimum Gasteiger partial charge on any atom is -0.331 e. The first-order chi connectivity index (χ1) is 12.8. The van der Waals surface area contributed by atoms with Crippen molar-refractivity contribution in [2.45, 2.75) is 32.1 Å². The summed E-state index contributed by atoms with van der Waals surface area (Å²) in [4.78, 5) is 28.5. The van der Waals surface area contributed by atoms with Crippen LogP contribution in [0.5, 0.6) is 0 Å². The van der Waals surface area contributed by atoms with Crippen molar-refractivity contribution >= 4 is 21.8 Å². The van der Waals surface area contributed by atoms with Gasteiger partial charge in [0.25, 0.3) is 0 Å². The van der Waals surface area contributed by atoms with Crippen LogP contribution in [0.15, 0.2) is 30.3 Å². The summed E-state index contributed by atoms with van der Waals surface area (Å²) in [6.07, 6.45) is 0.340. The summed E-state index contributed by atoms with van der Waals surface area (Å²) in [6.45, 7) is 5.40. The predicted octanol–water partition coefficient (Wildman–Crippen LogP) is 0.918. The van der Waals surface area contributed by atoms with Crippen molar-refractivity contribution in [3.05, 3.63) is 35.9 Å². The fraction of sp³-hybridized carbons (Fsp3) is 0.579. The molecule has 2 aliphatic heterocycles. The zero-order chi connectivity index (χ0) is 19.6. The second-order valence-corrected chi connectivity index (χ2v) is 9.61. The molecule has 2 saturated heterocycles. The molecule has 0 aliphatic carbocycles. The second kappa shape index (κ2) is 7.98. The summed E-state index contributed by atoms with van der Waals surface area (Å²) in [5.74, 6) is 0.0508. The lowest BCUT2D eigenvalue weighted by atomic mass is 10.1. The van der Waals surface area contributed by atoms with Gasteiger partial charge in [0.15, 0.2) is 0 Å². The number of nitrogens with zero attached hydrogens (tertiary/aromatic N) is 3. The molecule has 7 nitrogen and oxygen atoms in total. The molecule has 0 saturated carbocycles. The highest BCUT2D eigenvalue weighted by molar-refractivity contribution is 7.88. The number of rotatable bonds is 5. The number of piperazine rings is 1. The first kappa shape index (κ1) is 19.8. The number of benzene rings is 1. The van der Waals surface area contributed by atoms with Crippen LogP contribution in [-0.2, 0) is 25.4 Å². The number of sulfonamides is 1. The Morgan fingerprint density at radius 2 is 1.78 bits per heavy atom. The average molecular weight is 394 g/mol. The predicted molar refractivity (Wildman–Crippen MR) is 102 cm³/mol. The van der Waals surface area contributed by atoms with Gasteiger partial charge in [-0.2, -0.15) is 4.31 Å². The minimum atomic E-state index is -3.50. The molecule has 27 heavy (non-hydrogen) atoms. The van der Waals surface area contributed by atoms with E-state index in [0.29, 0.717) is 13.0 Å². The van der Waals surface area contributed by atoms with Gasteiger partial charge in [0.2, 0.25) is 21.8 Å². The SMILES string of the molecule is CC(C)CN1CC(=O)N2CCN(S(=O)(=O)Cc3ccccc3)CCC2C1=O. The molecule has 1 atom stereocenters. The van der Waals surface area contributed by atoms with Crippen molar-refractivity contribution in [1.29, 1.82) is 0 Å². The third-order valence-electron chi connectivity index (χ3n) is 5.03. The van der Waals surface area contributed by atoms with Gasteiger partial charge < -0.3 is 9.80 Å². The van der Waals surface area contributed by atoms with Gasteiger partial charge in [-0.1, -0.05) is 44.2 Å². The molecule has 2 amide bonds. The van der Waals surface area contributed by atoms with E-state index in [1.54, 1.807) is 21.9 Å². The Bertz CT molecular complexity index is 794. The van der Waals surface area contributed by atoms with E-state index in [0.717, 1.165) is 5.56 Å². The molecule has 2 aliphatic rings. The standard InChI is InChI=1S/C19H27N3O4S/c1-15(2)12-20-13-18(23)22-11-10-21(9-8-17(22)19(20)24)27(25,26)14-16-6-4-3-5-7-16/h3-7,15,17H,8-14H2,1-2H3. The van der Waals surface area contributed by atoms with Crippen molar-refractivity contribution in [2.75, 3.05) is 32.7 Å². The fourth-order valence-electron chi connectivity index (χ4n) is 3.76. The first-order valence-electron chi connectivity index (χ1n) is 9.38. The van der Waals surface area contributed by atoms with Crippen molar-refractivity contribution in [2.24, 2.45) is 5.92 Å². The van der Waals surface area contributed by atoms with Gasteiger partial charge >= 0.3 is 0 Å². The Morgan fingerprint density at radius 3 is 2.44 bits per heavy atom. The number of amides is 2. The topological polar surface area (TPSA) is 78.0 Å². The van der Waals surface area contributed by atoms with E-state index < -0.39 is 16.1 Å². The minimum absolute atomic E-state index is 0.0643. The number of carbonyl (C=O) groups is 2. The van der Waals surface area contributed by atoms with Gasteiger partial charge in [-0.3, -0.25) is 9.59 Å². The molecule has 0 radical (unpaired) electrons. The lowest BCUT2D eigenvalue weighted by molar-refractivity contribution is -0.156. The van der Waals surface area contributed by atoms with Crippen LogP contribution in [0.4, 0.5) is 0 Å². The summed E-state index contributed by atoms with van der Waals surface area (Å²) in [6, 6.07) is 8.50. The maximum absolute atomic E-state index is 12.8. The lowest BCUT2D eigenvalue weighted by Crippen LogP contribution is -2.60. The van der Waals surface area contributed by atoms with Crippen molar-refractivity contribution in [1.82, 2.24) is 14.1 Å². The Balaban J connectivity index is 1.73.